The number of hydrogen-bond donors (Lipinski definition) is 2. The van der Waals surface area contributed by atoms with Gasteiger partial charge in [-0.3, -0.25) is 10.1 Å². The summed E-state index contributed by atoms with van der Waals surface area (Å²) in [5.74, 6) is 0. The molecule has 0 radical (unpaired) electrons. The van der Waals surface area contributed by atoms with Gasteiger partial charge in [-0.2, -0.15) is 5.10 Å². The molecule has 0 saturated heterocycles. The van der Waals surface area contributed by atoms with E-state index in [9.17, 15) is 5.11 Å². The molecule has 0 amide bonds. The van der Waals surface area contributed by atoms with Crippen molar-refractivity contribution in [1.82, 2.24) is 15.2 Å². The van der Waals surface area contributed by atoms with Crippen molar-refractivity contribution in [1.29, 1.82) is 0 Å². The summed E-state index contributed by atoms with van der Waals surface area (Å²) < 4.78 is 0. The molecule has 68 valence electrons. The van der Waals surface area contributed by atoms with E-state index >= 15 is 0 Å². The Morgan fingerprint density at radius 1 is 1.54 bits per heavy atom. The Balaban J connectivity index is 2.04. The Kier molecular flexibility index (Phi) is 2.37. The van der Waals surface area contributed by atoms with Crippen molar-refractivity contribution in [3.63, 3.8) is 0 Å². The van der Waals surface area contributed by atoms with Crippen LogP contribution in [0.15, 0.2) is 24.1 Å². The molecule has 2 heterocycles. The molecule has 5 heteroatoms. The predicted octanol–water partition coefficient (Wildman–Crippen LogP) is 1.14. The second-order valence-electron chi connectivity index (χ2n) is 2.72. The molecule has 2 N–H and O–H groups in total. The van der Waals surface area contributed by atoms with E-state index in [1.165, 1.54) is 0 Å². The van der Waals surface area contributed by atoms with E-state index < -0.39 is 6.10 Å². The van der Waals surface area contributed by atoms with E-state index in [0.29, 0.717) is 6.42 Å². The highest BCUT2D eigenvalue weighted by molar-refractivity contribution is 7.09. The Morgan fingerprint density at radius 3 is 3.08 bits per heavy atom. The van der Waals surface area contributed by atoms with E-state index in [-0.39, 0.29) is 0 Å². The smallest absolute Gasteiger partial charge is 0.0869 e. The van der Waals surface area contributed by atoms with Crippen LogP contribution < -0.4 is 0 Å². The van der Waals surface area contributed by atoms with Crippen LogP contribution in [-0.4, -0.2) is 20.3 Å². The Morgan fingerprint density at radius 2 is 2.46 bits per heavy atom. The summed E-state index contributed by atoms with van der Waals surface area (Å²) in [6, 6.07) is 0. The lowest BCUT2D eigenvalue weighted by molar-refractivity contribution is 0.179. The predicted molar refractivity (Wildman–Crippen MR) is 49.4 cm³/mol. The van der Waals surface area contributed by atoms with Gasteiger partial charge in [0.25, 0.3) is 0 Å². The number of aromatic amines is 1. The minimum absolute atomic E-state index is 0.487. The van der Waals surface area contributed by atoms with Gasteiger partial charge in [0.1, 0.15) is 0 Å². The minimum atomic E-state index is -0.487. The quantitative estimate of drug-likeness (QED) is 0.772. The zero-order valence-corrected chi connectivity index (χ0v) is 7.66. The molecule has 0 saturated carbocycles. The van der Waals surface area contributed by atoms with Crippen LogP contribution in [0.3, 0.4) is 0 Å². The Bertz CT molecular complexity index is 343. The molecule has 0 bridgehead atoms. The van der Waals surface area contributed by atoms with Crippen LogP contribution in [0, 0.1) is 0 Å². The first kappa shape index (κ1) is 8.40. The Hall–Kier alpha value is -1.20. The second-order valence-corrected chi connectivity index (χ2v) is 3.69. The second kappa shape index (κ2) is 3.68. The van der Waals surface area contributed by atoms with Gasteiger partial charge in [0.2, 0.25) is 0 Å². The number of hydrogen-bond acceptors (Lipinski definition) is 4. The van der Waals surface area contributed by atoms with Crippen LogP contribution in [-0.2, 0) is 6.42 Å². The fourth-order valence-corrected chi connectivity index (χ4v) is 1.73. The zero-order valence-electron chi connectivity index (χ0n) is 6.84. The number of aliphatic hydroxyl groups excluding tert-OH is 1. The number of thiazole rings is 1. The molecule has 13 heavy (non-hydrogen) atoms. The average Bonchev–Trinajstić information content (AvgIpc) is 2.74. The summed E-state index contributed by atoms with van der Waals surface area (Å²) in [7, 11) is 0. The van der Waals surface area contributed by atoms with Crippen molar-refractivity contribution in [2.24, 2.45) is 0 Å². The maximum absolute atomic E-state index is 9.70. The molecule has 0 aliphatic carbocycles. The number of H-pyrrole nitrogens is 1. The molecule has 1 atom stereocenters. The summed E-state index contributed by atoms with van der Waals surface area (Å²) in [6.45, 7) is 0. The minimum Gasteiger partial charge on any atom is -0.388 e. The van der Waals surface area contributed by atoms with Gasteiger partial charge in [-0.1, -0.05) is 0 Å². The summed E-state index contributed by atoms with van der Waals surface area (Å²) >= 11 is 1.55. The number of nitrogens with one attached hydrogen (secondary N) is 1. The highest BCUT2D eigenvalue weighted by Gasteiger charge is 2.09. The molecular formula is C8H9N3OS. The average molecular weight is 195 g/mol. The molecule has 0 spiro atoms. The van der Waals surface area contributed by atoms with Crippen molar-refractivity contribution in [2.75, 3.05) is 0 Å². The van der Waals surface area contributed by atoms with Crippen molar-refractivity contribution in [3.8, 4) is 0 Å². The first-order valence-electron chi connectivity index (χ1n) is 3.90. The molecular weight excluding hydrogens is 186 g/mol. The van der Waals surface area contributed by atoms with Gasteiger partial charge in [-0.15, -0.1) is 11.3 Å². The molecule has 4 nitrogen and oxygen atoms in total. The van der Waals surface area contributed by atoms with Crippen LogP contribution in [0.4, 0.5) is 0 Å². The standard InChI is InChI=1S/C8H9N3OS/c12-8(6-2-10-11-3-6)1-7-4-9-5-13-7/h2-5,8,12H,1H2,(H,10,11). The van der Waals surface area contributed by atoms with Gasteiger partial charge < -0.3 is 5.11 Å². The molecule has 0 aliphatic heterocycles. The van der Waals surface area contributed by atoms with Crippen molar-refractivity contribution in [3.05, 3.63) is 34.5 Å². The lowest BCUT2D eigenvalue weighted by Gasteiger charge is -2.04. The van der Waals surface area contributed by atoms with Gasteiger partial charge in [0.05, 0.1) is 17.8 Å². The van der Waals surface area contributed by atoms with E-state index in [1.54, 1.807) is 35.4 Å². The van der Waals surface area contributed by atoms with Gasteiger partial charge in [0, 0.05) is 29.3 Å². The van der Waals surface area contributed by atoms with Crippen LogP contribution >= 0.6 is 11.3 Å². The van der Waals surface area contributed by atoms with Crippen LogP contribution in [0.2, 0.25) is 0 Å². The fourth-order valence-electron chi connectivity index (χ4n) is 1.09. The molecule has 0 aromatic carbocycles. The number of nitrogens with zero attached hydrogens (tertiary/aromatic N) is 2. The number of aliphatic hydroxyl groups is 1. The van der Waals surface area contributed by atoms with Gasteiger partial charge >= 0.3 is 0 Å². The third-order valence-corrected chi connectivity index (χ3v) is 2.58. The fraction of sp³-hybridized carbons (Fsp3) is 0.250. The molecule has 0 aliphatic rings. The third-order valence-electron chi connectivity index (χ3n) is 1.78. The van der Waals surface area contributed by atoms with E-state index in [4.69, 9.17) is 0 Å². The van der Waals surface area contributed by atoms with Crippen LogP contribution in [0.25, 0.3) is 0 Å². The topological polar surface area (TPSA) is 61.8 Å². The zero-order chi connectivity index (χ0) is 9.10. The summed E-state index contributed by atoms with van der Waals surface area (Å²) in [5, 5.41) is 16.1. The third kappa shape index (κ3) is 1.93. The van der Waals surface area contributed by atoms with Gasteiger partial charge in [0.15, 0.2) is 0 Å². The van der Waals surface area contributed by atoms with E-state index in [2.05, 4.69) is 15.2 Å². The maximum atomic E-state index is 9.70. The van der Waals surface area contributed by atoms with E-state index in [1.807, 2.05) is 0 Å². The summed E-state index contributed by atoms with van der Waals surface area (Å²) in [5.41, 5.74) is 2.57. The van der Waals surface area contributed by atoms with Crippen molar-refractivity contribution >= 4 is 11.3 Å². The monoisotopic (exact) mass is 195 g/mol. The normalized spacial score (nSPS) is 13.0. The number of rotatable bonds is 3. The number of aromatic nitrogens is 3. The van der Waals surface area contributed by atoms with Crippen molar-refractivity contribution in [2.45, 2.75) is 12.5 Å². The largest absolute Gasteiger partial charge is 0.388 e. The van der Waals surface area contributed by atoms with Crippen molar-refractivity contribution < 1.29 is 5.11 Å². The first-order valence-corrected chi connectivity index (χ1v) is 4.78. The lowest BCUT2D eigenvalue weighted by Crippen LogP contribution is -1.98. The molecule has 2 aromatic rings. The van der Waals surface area contributed by atoms with Crippen LogP contribution in [0.5, 0.6) is 0 Å². The first-order chi connectivity index (χ1) is 6.36. The van der Waals surface area contributed by atoms with E-state index in [0.717, 1.165) is 10.4 Å². The van der Waals surface area contributed by atoms with Gasteiger partial charge in [-0.25, -0.2) is 0 Å². The SMILES string of the molecule is OC(Cc1cncs1)c1cn[nH]c1. The maximum Gasteiger partial charge on any atom is 0.0869 e. The highest BCUT2D eigenvalue weighted by atomic mass is 32.1. The summed E-state index contributed by atoms with van der Waals surface area (Å²) in [4.78, 5) is 5.02. The highest BCUT2D eigenvalue weighted by Crippen LogP contribution is 2.18. The van der Waals surface area contributed by atoms with Gasteiger partial charge in [-0.05, 0) is 0 Å². The lowest BCUT2D eigenvalue weighted by atomic mass is 10.1. The molecule has 2 aromatic heterocycles. The molecule has 2 rings (SSSR count). The molecule has 1 unspecified atom stereocenters. The molecule has 0 fully saturated rings. The summed E-state index contributed by atoms with van der Waals surface area (Å²) in [6.07, 6.45) is 5.22. The Labute approximate surface area is 79.3 Å². The van der Waals surface area contributed by atoms with Crippen LogP contribution in [0.1, 0.15) is 16.5 Å².